The van der Waals surface area contributed by atoms with Gasteiger partial charge in [0.1, 0.15) is 5.75 Å². The van der Waals surface area contributed by atoms with Gasteiger partial charge in [0.05, 0.1) is 13.5 Å². The summed E-state index contributed by atoms with van der Waals surface area (Å²) in [4.78, 5) is 14.0. The summed E-state index contributed by atoms with van der Waals surface area (Å²) in [5.41, 5.74) is 6.24. The molecule has 5 heteroatoms. The van der Waals surface area contributed by atoms with Gasteiger partial charge in [-0.3, -0.25) is 4.79 Å². The number of aliphatic carboxylic acids is 1. The molecule has 0 bridgehead atoms. The van der Waals surface area contributed by atoms with E-state index < -0.39 is 5.97 Å². The molecule has 1 N–H and O–H groups in total. The molecule has 1 aliphatic heterocycles. The van der Waals surface area contributed by atoms with E-state index in [4.69, 9.17) is 4.74 Å². The summed E-state index contributed by atoms with van der Waals surface area (Å²) in [5.74, 6) is -0.0977. The fraction of sp³-hybridized carbons (Fsp3) is 0.375. The lowest BCUT2D eigenvalue weighted by Gasteiger charge is -2.26. The Balaban J connectivity index is 1.79. The van der Waals surface area contributed by atoms with Gasteiger partial charge in [0.25, 0.3) is 0 Å². The minimum absolute atomic E-state index is 0.0997. The first-order valence-electron chi connectivity index (χ1n) is 10.1. The summed E-state index contributed by atoms with van der Waals surface area (Å²) in [5, 5.41) is 10.9. The number of aromatic nitrogens is 1. The summed E-state index contributed by atoms with van der Waals surface area (Å²) >= 11 is 0. The number of hydrogen-bond donors (Lipinski definition) is 1. The first kappa shape index (κ1) is 19.5. The molecule has 4 rings (SSSR count). The van der Waals surface area contributed by atoms with Gasteiger partial charge in [0.15, 0.2) is 0 Å². The minimum Gasteiger partial charge on any atom is -0.497 e. The van der Waals surface area contributed by atoms with Crippen molar-refractivity contribution in [2.45, 2.75) is 38.8 Å². The van der Waals surface area contributed by atoms with Crippen molar-refractivity contribution in [3.63, 3.8) is 0 Å². The molecular formula is C24H28N2O3. The molecule has 29 heavy (non-hydrogen) atoms. The summed E-state index contributed by atoms with van der Waals surface area (Å²) in [6.07, 6.45) is 1.13. The Morgan fingerprint density at radius 2 is 1.97 bits per heavy atom. The van der Waals surface area contributed by atoms with E-state index in [0.717, 1.165) is 30.8 Å². The lowest BCUT2D eigenvalue weighted by Crippen LogP contribution is -2.28. The van der Waals surface area contributed by atoms with E-state index in [1.54, 1.807) is 7.11 Å². The highest BCUT2D eigenvalue weighted by atomic mass is 16.5. The maximum Gasteiger partial charge on any atom is 0.304 e. The molecule has 0 amide bonds. The molecule has 0 saturated carbocycles. The highest BCUT2D eigenvalue weighted by Gasteiger charge is 2.25. The number of fused-ring (bicyclic) bond motifs is 3. The minimum atomic E-state index is -0.774. The van der Waals surface area contributed by atoms with Crippen LogP contribution >= 0.6 is 0 Å². The average Bonchev–Trinajstić information content (AvgIpc) is 2.99. The van der Waals surface area contributed by atoms with Crippen molar-refractivity contribution in [3.05, 3.63) is 64.8 Å². The van der Waals surface area contributed by atoms with Crippen molar-refractivity contribution in [2.75, 3.05) is 20.7 Å². The molecule has 1 unspecified atom stereocenters. The number of carboxylic acid groups (broad SMARTS) is 1. The predicted octanol–water partition coefficient (Wildman–Crippen LogP) is 4.20. The fourth-order valence-electron chi connectivity index (χ4n) is 4.49. The average molecular weight is 392 g/mol. The molecule has 0 spiro atoms. The van der Waals surface area contributed by atoms with Gasteiger partial charge < -0.3 is 19.3 Å². The van der Waals surface area contributed by atoms with Crippen LogP contribution in [0.1, 0.15) is 34.7 Å². The number of likely N-dealkylation sites (N-methyl/N-ethyl adjacent to an activating group) is 1. The molecule has 152 valence electrons. The van der Waals surface area contributed by atoms with E-state index in [9.17, 15) is 9.90 Å². The summed E-state index contributed by atoms with van der Waals surface area (Å²) in [6, 6.07) is 14.4. The van der Waals surface area contributed by atoms with Gasteiger partial charge in [-0.1, -0.05) is 23.8 Å². The molecule has 1 aliphatic rings. The maximum atomic E-state index is 11.6. The van der Waals surface area contributed by atoms with Crippen LogP contribution in [0.3, 0.4) is 0 Å². The van der Waals surface area contributed by atoms with Crippen LogP contribution < -0.4 is 4.74 Å². The number of rotatable bonds is 6. The lowest BCUT2D eigenvalue weighted by molar-refractivity contribution is -0.137. The Kier molecular flexibility index (Phi) is 5.33. The van der Waals surface area contributed by atoms with Gasteiger partial charge in [0.2, 0.25) is 0 Å². The number of ether oxygens (including phenoxy) is 1. The number of nitrogens with zero attached hydrogens (tertiary/aromatic N) is 2. The second-order valence-corrected chi connectivity index (χ2v) is 8.11. The third kappa shape index (κ3) is 3.87. The van der Waals surface area contributed by atoms with Gasteiger partial charge in [-0.25, -0.2) is 0 Å². The number of carbonyl (C=O) groups is 1. The van der Waals surface area contributed by atoms with Gasteiger partial charge in [-0.15, -0.1) is 0 Å². The Morgan fingerprint density at radius 3 is 2.66 bits per heavy atom. The van der Waals surface area contributed by atoms with Crippen molar-refractivity contribution in [1.82, 2.24) is 9.47 Å². The third-order valence-corrected chi connectivity index (χ3v) is 6.02. The molecule has 3 aromatic rings. The van der Waals surface area contributed by atoms with Crippen LogP contribution in [-0.2, 0) is 24.3 Å². The first-order valence-corrected chi connectivity index (χ1v) is 10.1. The van der Waals surface area contributed by atoms with Gasteiger partial charge >= 0.3 is 5.97 Å². The smallest absolute Gasteiger partial charge is 0.304 e. The van der Waals surface area contributed by atoms with Crippen LogP contribution in [0.15, 0.2) is 42.5 Å². The number of benzene rings is 2. The maximum absolute atomic E-state index is 11.6. The second kappa shape index (κ2) is 7.91. The van der Waals surface area contributed by atoms with Gasteiger partial charge in [-0.2, -0.15) is 0 Å². The van der Waals surface area contributed by atoms with E-state index in [1.165, 1.54) is 27.7 Å². The molecule has 1 atom stereocenters. The number of carboxylic acids is 1. The molecular weight excluding hydrogens is 364 g/mol. The van der Waals surface area contributed by atoms with Crippen molar-refractivity contribution in [1.29, 1.82) is 0 Å². The molecule has 0 radical (unpaired) electrons. The molecule has 1 aromatic heterocycles. The summed E-state index contributed by atoms with van der Waals surface area (Å²) in [7, 11) is 3.79. The normalized spacial score (nSPS) is 15.3. The van der Waals surface area contributed by atoms with Gasteiger partial charge in [-0.05, 0) is 55.8 Å². The third-order valence-electron chi connectivity index (χ3n) is 6.02. The van der Waals surface area contributed by atoms with E-state index in [-0.39, 0.29) is 12.3 Å². The van der Waals surface area contributed by atoms with Crippen LogP contribution in [0.2, 0.25) is 0 Å². The fourth-order valence-corrected chi connectivity index (χ4v) is 4.49. The number of aryl methyl sites for hydroxylation is 1. The second-order valence-electron chi connectivity index (χ2n) is 8.11. The van der Waals surface area contributed by atoms with Crippen LogP contribution in [0, 0.1) is 6.92 Å². The zero-order valence-corrected chi connectivity index (χ0v) is 17.3. The standard InChI is InChI=1S/C24H28N2O3/c1-16-4-9-22-21(12-16)20-10-11-25(2)15-23(20)26(22)14-18(13-24(27)28)17-5-7-19(29-3)8-6-17/h4-9,12,18H,10-11,13-15H2,1-3H3,(H,27,28). The van der Waals surface area contributed by atoms with Crippen LogP contribution in [-0.4, -0.2) is 41.2 Å². The number of hydrogen-bond acceptors (Lipinski definition) is 3. The van der Waals surface area contributed by atoms with E-state index >= 15 is 0 Å². The highest BCUT2D eigenvalue weighted by Crippen LogP contribution is 2.34. The zero-order valence-electron chi connectivity index (χ0n) is 17.3. The quantitative estimate of drug-likeness (QED) is 0.683. The Bertz CT molecular complexity index is 1040. The van der Waals surface area contributed by atoms with E-state index in [0.29, 0.717) is 6.54 Å². The van der Waals surface area contributed by atoms with Crippen molar-refractivity contribution in [3.8, 4) is 5.75 Å². The largest absolute Gasteiger partial charge is 0.497 e. The molecule has 2 heterocycles. The summed E-state index contributed by atoms with van der Waals surface area (Å²) < 4.78 is 7.62. The van der Waals surface area contributed by atoms with Crippen LogP contribution in [0.4, 0.5) is 0 Å². The predicted molar refractivity (Wildman–Crippen MR) is 115 cm³/mol. The zero-order chi connectivity index (χ0) is 20.5. The molecule has 2 aromatic carbocycles. The van der Waals surface area contributed by atoms with Crippen molar-refractivity contribution >= 4 is 16.9 Å². The topological polar surface area (TPSA) is 54.7 Å². The van der Waals surface area contributed by atoms with E-state index in [2.05, 4.69) is 41.6 Å². The Morgan fingerprint density at radius 1 is 1.21 bits per heavy atom. The van der Waals surface area contributed by atoms with Crippen LogP contribution in [0.25, 0.3) is 10.9 Å². The first-order chi connectivity index (χ1) is 14.0. The Labute approximate surface area is 171 Å². The van der Waals surface area contributed by atoms with Gasteiger partial charge in [0, 0.05) is 42.1 Å². The van der Waals surface area contributed by atoms with Crippen LogP contribution in [0.5, 0.6) is 5.75 Å². The lowest BCUT2D eigenvalue weighted by atomic mass is 9.95. The molecule has 5 nitrogen and oxygen atoms in total. The number of methoxy groups -OCH3 is 1. The molecule has 0 aliphatic carbocycles. The molecule has 0 saturated heterocycles. The van der Waals surface area contributed by atoms with Crippen molar-refractivity contribution in [2.24, 2.45) is 0 Å². The Hall–Kier alpha value is -2.79. The van der Waals surface area contributed by atoms with Crippen molar-refractivity contribution < 1.29 is 14.6 Å². The van der Waals surface area contributed by atoms with E-state index in [1.807, 2.05) is 24.3 Å². The monoisotopic (exact) mass is 392 g/mol. The summed E-state index contributed by atoms with van der Waals surface area (Å²) in [6.45, 7) is 4.73. The highest BCUT2D eigenvalue weighted by molar-refractivity contribution is 5.86. The SMILES string of the molecule is COc1ccc(C(CC(=O)O)Cn2c3c(c4cc(C)ccc42)CCN(C)C3)cc1. The molecule has 0 fully saturated rings.